The molecule has 2 aliphatic heterocycles. The average Bonchev–Trinajstić information content (AvgIpc) is 3.31. The van der Waals surface area contributed by atoms with Gasteiger partial charge in [0.1, 0.15) is 24.2 Å². The number of hydrogen-bond donors (Lipinski definition) is 2. The second-order valence-electron chi connectivity index (χ2n) is 10.5. The van der Waals surface area contributed by atoms with Crippen LogP contribution in [-0.4, -0.2) is 43.4 Å². The van der Waals surface area contributed by atoms with E-state index >= 15 is 0 Å². The number of nitrogens with one attached hydrogen (secondary N) is 1. The molecule has 2 heterocycles. The van der Waals surface area contributed by atoms with Crippen molar-refractivity contribution in [3.63, 3.8) is 0 Å². The smallest absolute Gasteiger partial charge is 0.157 e. The molecule has 2 aliphatic rings. The van der Waals surface area contributed by atoms with E-state index in [0.29, 0.717) is 25.6 Å². The van der Waals surface area contributed by atoms with Crippen LogP contribution in [0.25, 0.3) is 0 Å². The van der Waals surface area contributed by atoms with Gasteiger partial charge in [0, 0.05) is 12.1 Å². The molecule has 0 aromatic heterocycles. The first-order valence-corrected chi connectivity index (χ1v) is 13.2. The quantitative estimate of drug-likeness (QED) is 0.306. The predicted octanol–water partition coefficient (Wildman–Crippen LogP) is 5.29. The lowest BCUT2D eigenvalue weighted by molar-refractivity contribution is -0.165. The van der Waals surface area contributed by atoms with Gasteiger partial charge in [0.05, 0.1) is 13.2 Å². The van der Waals surface area contributed by atoms with Gasteiger partial charge in [-0.3, -0.25) is 5.32 Å². The van der Waals surface area contributed by atoms with Crippen molar-refractivity contribution in [2.75, 3.05) is 26.4 Å². The maximum atomic E-state index is 12.3. The molecule has 3 aromatic carbocycles. The van der Waals surface area contributed by atoms with Crippen molar-refractivity contribution in [3.8, 4) is 5.75 Å². The van der Waals surface area contributed by atoms with Crippen molar-refractivity contribution in [1.82, 2.24) is 5.32 Å². The lowest BCUT2D eigenvalue weighted by Gasteiger charge is -2.31. The Morgan fingerprint density at radius 2 is 1.65 bits per heavy atom. The van der Waals surface area contributed by atoms with Gasteiger partial charge in [-0.2, -0.15) is 0 Å². The van der Waals surface area contributed by atoms with E-state index in [4.69, 9.17) is 18.9 Å². The Bertz CT molecular complexity index is 1140. The van der Waals surface area contributed by atoms with Crippen LogP contribution in [-0.2, 0) is 19.8 Å². The van der Waals surface area contributed by atoms with Crippen molar-refractivity contribution < 1.29 is 24.1 Å². The molecule has 5 rings (SSSR count). The summed E-state index contributed by atoms with van der Waals surface area (Å²) in [5.41, 5.74) is 1.90. The summed E-state index contributed by atoms with van der Waals surface area (Å²) >= 11 is 0. The maximum absolute atomic E-state index is 12.3. The lowest BCUT2D eigenvalue weighted by atomic mass is 9.80. The van der Waals surface area contributed by atoms with E-state index in [2.05, 4.69) is 19.2 Å². The molecule has 3 unspecified atom stereocenters. The first-order valence-electron chi connectivity index (χ1n) is 13.2. The van der Waals surface area contributed by atoms with Crippen LogP contribution < -0.4 is 10.1 Å². The third kappa shape index (κ3) is 6.06. The van der Waals surface area contributed by atoms with E-state index in [9.17, 15) is 5.11 Å². The van der Waals surface area contributed by atoms with Crippen LogP contribution in [0.15, 0.2) is 78.9 Å². The van der Waals surface area contributed by atoms with E-state index in [1.54, 1.807) is 0 Å². The summed E-state index contributed by atoms with van der Waals surface area (Å²) in [6.07, 6.45) is 2.87. The number of benzene rings is 3. The van der Waals surface area contributed by atoms with Crippen molar-refractivity contribution in [2.45, 2.75) is 56.8 Å². The molecule has 2 saturated heterocycles. The van der Waals surface area contributed by atoms with Gasteiger partial charge in [-0.1, -0.05) is 66.7 Å². The molecule has 0 radical (unpaired) electrons. The van der Waals surface area contributed by atoms with Crippen LogP contribution in [0, 0.1) is 0 Å². The van der Waals surface area contributed by atoms with E-state index < -0.39 is 5.60 Å². The van der Waals surface area contributed by atoms with Crippen LogP contribution in [0.2, 0.25) is 0 Å². The summed E-state index contributed by atoms with van der Waals surface area (Å²) in [6, 6.07) is 25.4. The standard InChI is InChI=1S/C31H37NO5/c1-30(2)22-37-29(32-30)23-14-16-25(17-15-23)31(33,24-9-4-3-5-10-24)26-11-8-12-27(21-26)34-19-20-36-28-13-6-7-18-35-28/h3-5,8-12,14-17,21,28-29,32-33H,6-7,13,18-20,22H2,1-2H3. The summed E-state index contributed by atoms with van der Waals surface area (Å²) in [7, 11) is 0. The minimum absolute atomic E-state index is 0.0664. The van der Waals surface area contributed by atoms with Gasteiger partial charge in [-0.15, -0.1) is 0 Å². The van der Waals surface area contributed by atoms with Crippen LogP contribution in [0.1, 0.15) is 61.6 Å². The molecule has 0 spiro atoms. The van der Waals surface area contributed by atoms with E-state index in [-0.39, 0.29) is 18.1 Å². The minimum Gasteiger partial charge on any atom is -0.491 e. The molecule has 6 nitrogen and oxygen atoms in total. The molecule has 6 heteroatoms. The maximum Gasteiger partial charge on any atom is 0.157 e. The van der Waals surface area contributed by atoms with Crippen molar-refractivity contribution in [3.05, 3.63) is 101 Å². The average molecular weight is 504 g/mol. The minimum atomic E-state index is -1.35. The fraction of sp³-hybridized carbons (Fsp3) is 0.419. The van der Waals surface area contributed by atoms with Crippen LogP contribution in [0.4, 0.5) is 0 Å². The van der Waals surface area contributed by atoms with Gasteiger partial charge in [0.2, 0.25) is 0 Å². The first-order chi connectivity index (χ1) is 17.9. The third-order valence-electron chi connectivity index (χ3n) is 7.00. The predicted molar refractivity (Wildman–Crippen MR) is 142 cm³/mol. The summed E-state index contributed by atoms with van der Waals surface area (Å²) in [5, 5.41) is 15.8. The molecule has 0 saturated carbocycles. The number of aliphatic hydroxyl groups is 1. The molecular weight excluding hydrogens is 466 g/mol. The monoisotopic (exact) mass is 503 g/mol. The fourth-order valence-corrected chi connectivity index (χ4v) is 4.98. The van der Waals surface area contributed by atoms with Gasteiger partial charge in [0.25, 0.3) is 0 Å². The molecular formula is C31H37NO5. The van der Waals surface area contributed by atoms with Gasteiger partial charge in [-0.25, -0.2) is 0 Å². The Kier molecular flexibility index (Phi) is 7.93. The summed E-state index contributed by atoms with van der Waals surface area (Å²) in [6.45, 7) is 6.52. The second kappa shape index (κ2) is 11.3. The normalized spacial score (nSPS) is 22.9. The third-order valence-corrected chi connectivity index (χ3v) is 7.00. The summed E-state index contributed by atoms with van der Waals surface area (Å²) < 4.78 is 23.4. The molecule has 2 fully saturated rings. The highest BCUT2D eigenvalue weighted by atomic mass is 16.7. The topological polar surface area (TPSA) is 69.2 Å². The lowest BCUT2D eigenvalue weighted by Crippen LogP contribution is -2.35. The molecule has 3 atom stereocenters. The van der Waals surface area contributed by atoms with E-state index in [0.717, 1.165) is 48.1 Å². The second-order valence-corrected chi connectivity index (χ2v) is 10.5. The molecule has 0 amide bonds. The molecule has 196 valence electrons. The fourth-order valence-electron chi connectivity index (χ4n) is 4.98. The zero-order valence-corrected chi connectivity index (χ0v) is 21.7. The first kappa shape index (κ1) is 25.9. The summed E-state index contributed by atoms with van der Waals surface area (Å²) in [4.78, 5) is 0. The highest BCUT2D eigenvalue weighted by Gasteiger charge is 2.35. The van der Waals surface area contributed by atoms with Gasteiger partial charge in [-0.05, 0) is 67.5 Å². The molecule has 3 aromatic rings. The Hall–Kier alpha value is -2.74. The van der Waals surface area contributed by atoms with E-state index in [1.165, 1.54) is 0 Å². The van der Waals surface area contributed by atoms with Crippen LogP contribution in [0.5, 0.6) is 5.75 Å². The highest BCUT2D eigenvalue weighted by Crippen LogP contribution is 2.38. The van der Waals surface area contributed by atoms with Gasteiger partial charge in [0.15, 0.2) is 6.29 Å². The zero-order valence-electron chi connectivity index (χ0n) is 21.7. The molecule has 2 N–H and O–H groups in total. The Morgan fingerprint density at radius 1 is 0.892 bits per heavy atom. The van der Waals surface area contributed by atoms with Crippen molar-refractivity contribution in [2.24, 2.45) is 0 Å². The summed E-state index contributed by atoms with van der Waals surface area (Å²) in [5.74, 6) is 0.683. The molecule has 0 bridgehead atoms. The van der Waals surface area contributed by atoms with Gasteiger partial charge >= 0.3 is 0 Å². The molecule has 0 aliphatic carbocycles. The van der Waals surface area contributed by atoms with E-state index in [1.807, 2.05) is 78.9 Å². The zero-order chi connectivity index (χ0) is 25.7. The van der Waals surface area contributed by atoms with Crippen molar-refractivity contribution in [1.29, 1.82) is 0 Å². The highest BCUT2D eigenvalue weighted by molar-refractivity contribution is 5.49. The Balaban J connectivity index is 1.35. The SMILES string of the molecule is CC1(C)COC(c2ccc(C(O)(c3ccccc3)c3cccc(OCCOC4CCCCO4)c3)cc2)N1. The number of rotatable bonds is 9. The number of hydrogen-bond acceptors (Lipinski definition) is 6. The Morgan fingerprint density at radius 3 is 2.35 bits per heavy atom. The molecule has 37 heavy (non-hydrogen) atoms. The van der Waals surface area contributed by atoms with Crippen molar-refractivity contribution >= 4 is 0 Å². The van der Waals surface area contributed by atoms with Crippen LogP contribution in [0.3, 0.4) is 0 Å². The Labute approximate surface area is 219 Å². The van der Waals surface area contributed by atoms with Crippen LogP contribution >= 0.6 is 0 Å². The number of ether oxygens (including phenoxy) is 4. The largest absolute Gasteiger partial charge is 0.491 e. The van der Waals surface area contributed by atoms with Gasteiger partial charge < -0.3 is 24.1 Å².